The van der Waals surface area contributed by atoms with Crippen LogP contribution < -0.4 is 5.32 Å². The third kappa shape index (κ3) is 2.91. The van der Waals surface area contributed by atoms with Crippen LogP contribution in [0.1, 0.15) is 27.9 Å². The second-order valence-corrected chi connectivity index (χ2v) is 6.50. The van der Waals surface area contributed by atoms with E-state index in [-0.39, 0.29) is 12.5 Å². The molecule has 4 nitrogen and oxygen atoms in total. The number of thiophene rings is 1. The van der Waals surface area contributed by atoms with Gasteiger partial charge in [0.2, 0.25) is 0 Å². The van der Waals surface area contributed by atoms with Gasteiger partial charge in [-0.25, -0.2) is 0 Å². The summed E-state index contributed by atoms with van der Waals surface area (Å²) >= 11 is 1.39. The zero-order valence-electron chi connectivity index (χ0n) is 12.4. The van der Waals surface area contributed by atoms with Gasteiger partial charge in [-0.1, -0.05) is 18.2 Å². The highest BCUT2D eigenvalue weighted by molar-refractivity contribution is 7.12. The van der Waals surface area contributed by atoms with Crippen LogP contribution in [-0.2, 0) is 5.60 Å². The van der Waals surface area contributed by atoms with Gasteiger partial charge in [-0.2, -0.15) is 0 Å². The maximum absolute atomic E-state index is 12.1. The molecule has 2 heterocycles. The smallest absolute Gasteiger partial charge is 0.261 e. The number of aliphatic hydroxyl groups is 1. The second-order valence-electron chi connectivity index (χ2n) is 5.59. The third-order valence-corrected chi connectivity index (χ3v) is 4.55. The number of furan rings is 1. The molecule has 0 fully saturated rings. The maximum atomic E-state index is 12.1. The lowest BCUT2D eigenvalue weighted by atomic mass is 10.0. The number of amides is 1. The molecule has 0 saturated heterocycles. The van der Waals surface area contributed by atoms with Gasteiger partial charge in [0, 0.05) is 5.39 Å². The minimum atomic E-state index is -1.26. The summed E-state index contributed by atoms with van der Waals surface area (Å²) in [6.07, 6.45) is 0. The molecule has 1 aromatic carbocycles. The quantitative estimate of drug-likeness (QED) is 0.775. The van der Waals surface area contributed by atoms with Crippen molar-refractivity contribution in [1.82, 2.24) is 5.32 Å². The van der Waals surface area contributed by atoms with Crippen molar-refractivity contribution in [3.05, 3.63) is 58.0 Å². The van der Waals surface area contributed by atoms with Gasteiger partial charge in [-0.3, -0.25) is 4.79 Å². The van der Waals surface area contributed by atoms with Crippen LogP contribution in [0.2, 0.25) is 0 Å². The summed E-state index contributed by atoms with van der Waals surface area (Å²) in [6.45, 7) is 3.66. The van der Waals surface area contributed by atoms with E-state index in [1.54, 1.807) is 13.0 Å². The van der Waals surface area contributed by atoms with Crippen LogP contribution >= 0.6 is 11.3 Å². The lowest BCUT2D eigenvalue weighted by Gasteiger charge is -2.20. The molecule has 114 valence electrons. The van der Waals surface area contributed by atoms with Crippen LogP contribution in [0, 0.1) is 6.92 Å². The summed E-state index contributed by atoms with van der Waals surface area (Å²) < 4.78 is 5.68. The van der Waals surface area contributed by atoms with Crippen molar-refractivity contribution in [2.24, 2.45) is 0 Å². The first-order valence-electron chi connectivity index (χ1n) is 7.00. The fourth-order valence-corrected chi connectivity index (χ4v) is 3.04. The van der Waals surface area contributed by atoms with Crippen molar-refractivity contribution in [2.45, 2.75) is 19.4 Å². The second kappa shape index (κ2) is 5.59. The van der Waals surface area contributed by atoms with Gasteiger partial charge in [0.15, 0.2) is 0 Å². The van der Waals surface area contributed by atoms with Crippen molar-refractivity contribution in [3.8, 4) is 0 Å². The third-order valence-electron chi connectivity index (χ3n) is 3.50. The van der Waals surface area contributed by atoms with E-state index in [1.807, 2.05) is 42.6 Å². The van der Waals surface area contributed by atoms with Gasteiger partial charge in [0.05, 0.1) is 11.4 Å². The molecule has 0 aliphatic carbocycles. The molecule has 0 bridgehead atoms. The molecule has 2 N–H and O–H groups in total. The topological polar surface area (TPSA) is 62.5 Å². The zero-order chi connectivity index (χ0) is 15.7. The molecular weight excluding hydrogens is 298 g/mol. The van der Waals surface area contributed by atoms with E-state index in [9.17, 15) is 9.90 Å². The normalized spacial score (nSPS) is 14.0. The highest BCUT2D eigenvalue weighted by Gasteiger charge is 2.28. The molecule has 0 saturated carbocycles. The average molecular weight is 315 g/mol. The number of nitrogens with one attached hydrogen (secondary N) is 1. The van der Waals surface area contributed by atoms with E-state index in [0.717, 1.165) is 16.5 Å². The molecule has 0 aliphatic heterocycles. The highest BCUT2D eigenvalue weighted by Crippen LogP contribution is 2.27. The predicted molar refractivity (Wildman–Crippen MR) is 87.2 cm³/mol. The Morgan fingerprint density at radius 1 is 1.36 bits per heavy atom. The molecule has 5 heteroatoms. The van der Waals surface area contributed by atoms with Crippen molar-refractivity contribution in [3.63, 3.8) is 0 Å². The summed E-state index contributed by atoms with van der Waals surface area (Å²) in [6, 6.07) is 11.2. The molecule has 0 spiro atoms. The van der Waals surface area contributed by atoms with Crippen LogP contribution in [0.5, 0.6) is 0 Å². The van der Waals surface area contributed by atoms with E-state index < -0.39 is 5.60 Å². The van der Waals surface area contributed by atoms with Gasteiger partial charge in [0.1, 0.15) is 16.9 Å². The Morgan fingerprint density at radius 3 is 2.82 bits per heavy atom. The summed E-state index contributed by atoms with van der Waals surface area (Å²) in [5, 5.41) is 16.2. The zero-order valence-corrected chi connectivity index (χ0v) is 13.2. The Morgan fingerprint density at radius 2 is 2.14 bits per heavy atom. The number of hydrogen-bond donors (Lipinski definition) is 2. The molecule has 22 heavy (non-hydrogen) atoms. The van der Waals surface area contributed by atoms with E-state index in [0.29, 0.717) is 10.6 Å². The van der Waals surface area contributed by atoms with Crippen molar-refractivity contribution < 1.29 is 14.3 Å². The van der Waals surface area contributed by atoms with Crippen LogP contribution in [0.4, 0.5) is 0 Å². The number of para-hydroxylation sites is 1. The molecule has 3 aromatic rings. The Labute approximate surface area is 132 Å². The molecule has 2 aromatic heterocycles. The summed E-state index contributed by atoms with van der Waals surface area (Å²) in [4.78, 5) is 12.7. The Hall–Kier alpha value is -2.11. The van der Waals surface area contributed by atoms with Gasteiger partial charge < -0.3 is 14.8 Å². The summed E-state index contributed by atoms with van der Waals surface area (Å²) in [5.41, 5.74) is 0.512. The van der Waals surface area contributed by atoms with Gasteiger partial charge in [0.25, 0.3) is 5.91 Å². The van der Waals surface area contributed by atoms with Crippen molar-refractivity contribution in [1.29, 1.82) is 0 Å². The number of rotatable bonds is 4. The van der Waals surface area contributed by atoms with Gasteiger partial charge in [-0.15, -0.1) is 11.3 Å². The minimum Gasteiger partial charge on any atom is -0.458 e. The lowest BCUT2D eigenvalue weighted by molar-refractivity contribution is 0.0345. The first-order chi connectivity index (χ1) is 10.5. The first kappa shape index (κ1) is 14.8. The van der Waals surface area contributed by atoms with E-state index >= 15 is 0 Å². The van der Waals surface area contributed by atoms with Crippen LogP contribution in [0.25, 0.3) is 11.0 Å². The fraction of sp³-hybridized carbons (Fsp3) is 0.235. The largest absolute Gasteiger partial charge is 0.458 e. The van der Waals surface area contributed by atoms with Crippen molar-refractivity contribution >= 4 is 28.2 Å². The number of fused-ring (bicyclic) bond motifs is 1. The minimum absolute atomic E-state index is 0.0859. The molecular formula is C17H17NO3S. The molecule has 1 unspecified atom stereocenters. The van der Waals surface area contributed by atoms with E-state index in [1.165, 1.54) is 11.3 Å². The highest BCUT2D eigenvalue weighted by atomic mass is 32.1. The van der Waals surface area contributed by atoms with Crippen LogP contribution in [0.15, 0.2) is 46.2 Å². The monoisotopic (exact) mass is 315 g/mol. The Kier molecular flexibility index (Phi) is 3.76. The Bertz CT molecular complexity index is 783. The number of carbonyl (C=O) groups is 1. The first-order valence-corrected chi connectivity index (χ1v) is 7.88. The molecule has 1 amide bonds. The summed E-state index contributed by atoms with van der Waals surface area (Å²) in [7, 11) is 0. The van der Waals surface area contributed by atoms with Gasteiger partial charge in [-0.05, 0) is 43.0 Å². The van der Waals surface area contributed by atoms with E-state index in [2.05, 4.69) is 5.32 Å². The lowest BCUT2D eigenvalue weighted by Crippen LogP contribution is -2.38. The molecule has 0 radical (unpaired) electrons. The van der Waals surface area contributed by atoms with Gasteiger partial charge >= 0.3 is 0 Å². The fourth-order valence-electron chi connectivity index (χ4n) is 2.22. The van der Waals surface area contributed by atoms with Crippen LogP contribution in [-0.4, -0.2) is 17.6 Å². The SMILES string of the molecule is Cc1csc(C(=O)NCC(C)(O)c2cc3ccccc3o2)c1. The predicted octanol–water partition coefficient (Wildman–Crippen LogP) is 3.44. The number of carbonyl (C=O) groups excluding carboxylic acids is 1. The number of hydrogen-bond acceptors (Lipinski definition) is 4. The van der Waals surface area contributed by atoms with E-state index in [4.69, 9.17) is 4.42 Å². The van der Waals surface area contributed by atoms with Crippen LogP contribution in [0.3, 0.4) is 0 Å². The average Bonchev–Trinajstić information content (AvgIpc) is 3.11. The maximum Gasteiger partial charge on any atom is 0.261 e. The van der Waals surface area contributed by atoms with Crippen molar-refractivity contribution in [2.75, 3.05) is 6.54 Å². The molecule has 1 atom stereocenters. The standard InChI is InChI=1S/C17H17NO3S/c1-11-7-14(22-9-11)16(19)18-10-17(2,20)15-8-12-5-3-4-6-13(12)21-15/h3-9,20H,10H2,1-2H3,(H,18,19). The summed E-state index contributed by atoms with van der Waals surface area (Å²) in [5.74, 6) is 0.255. The molecule has 0 aliphatic rings. The number of benzene rings is 1. The molecule has 3 rings (SSSR count). The Balaban J connectivity index is 1.74. The number of aryl methyl sites for hydroxylation is 1.